The number of carbonyl (C=O) groups excluding carboxylic acids is 2. The number of aliphatic hydroxyl groups excluding tert-OH is 1. The van der Waals surface area contributed by atoms with Crippen molar-refractivity contribution in [3.63, 3.8) is 0 Å². The molecule has 0 aliphatic carbocycles. The van der Waals surface area contributed by atoms with Crippen molar-refractivity contribution < 1.29 is 23.8 Å². The summed E-state index contributed by atoms with van der Waals surface area (Å²) in [5.74, 6) is -1.94. The van der Waals surface area contributed by atoms with E-state index in [1.54, 1.807) is 6.07 Å². The molecule has 140 valence electrons. The van der Waals surface area contributed by atoms with Gasteiger partial charge >= 0.3 is 0 Å². The van der Waals surface area contributed by atoms with Crippen LogP contribution in [0.15, 0.2) is 35.6 Å². The lowest BCUT2D eigenvalue weighted by atomic mass is 9.96. The van der Waals surface area contributed by atoms with E-state index in [0.29, 0.717) is 31.7 Å². The molecule has 26 heavy (non-hydrogen) atoms. The summed E-state index contributed by atoms with van der Waals surface area (Å²) in [6.45, 7) is 5.57. The summed E-state index contributed by atoms with van der Waals surface area (Å²) in [5, 5.41) is 10.2. The number of benzene rings is 1. The van der Waals surface area contributed by atoms with E-state index in [1.807, 2.05) is 0 Å². The number of morpholine rings is 1. The molecule has 2 heterocycles. The molecule has 0 aromatic heterocycles. The number of nitrogens with zero attached hydrogens (tertiary/aromatic N) is 2. The summed E-state index contributed by atoms with van der Waals surface area (Å²) in [7, 11) is 0. The van der Waals surface area contributed by atoms with Crippen LogP contribution in [0, 0.1) is 5.82 Å². The molecule has 1 aromatic rings. The molecule has 1 aromatic carbocycles. The molecule has 7 heteroatoms. The van der Waals surface area contributed by atoms with Crippen molar-refractivity contribution in [2.24, 2.45) is 0 Å². The van der Waals surface area contributed by atoms with Gasteiger partial charge in [-0.15, -0.1) is 0 Å². The van der Waals surface area contributed by atoms with Crippen LogP contribution >= 0.6 is 0 Å². The first-order valence-electron chi connectivity index (χ1n) is 8.79. The summed E-state index contributed by atoms with van der Waals surface area (Å²) in [5.41, 5.74) is 0.519. The first kappa shape index (κ1) is 18.5. The highest BCUT2D eigenvalue weighted by Crippen LogP contribution is 2.37. The minimum atomic E-state index is -0.750. The fourth-order valence-corrected chi connectivity index (χ4v) is 3.56. The molecular formula is C19H23FN2O4. The van der Waals surface area contributed by atoms with E-state index >= 15 is 0 Å². The van der Waals surface area contributed by atoms with Gasteiger partial charge < -0.3 is 14.7 Å². The van der Waals surface area contributed by atoms with Gasteiger partial charge in [-0.3, -0.25) is 14.5 Å². The number of ketones is 1. The van der Waals surface area contributed by atoms with E-state index in [0.717, 1.165) is 19.6 Å². The second kappa shape index (κ2) is 7.97. The molecule has 2 aliphatic heterocycles. The third kappa shape index (κ3) is 3.78. The van der Waals surface area contributed by atoms with Crippen molar-refractivity contribution >= 4 is 11.7 Å². The van der Waals surface area contributed by atoms with Crippen LogP contribution < -0.4 is 0 Å². The Morgan fingerprint density at radius 3 is 2.69 bits per heavy atom. The van der Waals surface area contributed by atoms with Crippen LogP contribution in [0.5, 0.6) is 0 Å². The Morgan fingerprint density at radius 2 is 2.04 bits per heavy atom. The maximum atomic E-state index is 13.7. The van der Waals surface area contributed by atoms with Crippen LogP contribution in [-0.4, -0.2) is 66.0 Å². The lowest BCUT2D eigenvalue weighted by Crippen LogP contribution is -2.39. The number of rotatable bonds is 6. The molecular weight excluding hydrogens is 339 g/mol. The molecule has 1 N–H and O–H groups in total. The SMILES string of the molecule is CC(=O)C1=C(O)C(=O)N(CCCN2CCOCC2)[C@H]1c1cccc(F)c1. The van der Waals surface area contributed by atoms with E-state index < -0.39 is 23.5 Å². The van der Waals surface area contributed by atoms with Gasteiger partial charge in [0.2, 0.25) is 0 Å². The fourth-order valence-electron chi connectivity index (χ4n) is 3.56. The first-order valence-corrected chi connectivity index (χ1v) is 8.79. The summed E-state index contributed by atoms with van der Waals surface area (Å²) >= 11 is 0. The topological polar surface area (TPSA) is 70.1 Å². The number of hydrogen-bond donors (Lipinski definition) is 1. The van der Waals surface area contributed by atoms with Crippen molar-refractivity contribution in [3.05, 3.63) is 47.0 Å². The highest BCUT2D eigenvalue weighted by Gasteiger charge is 2.42. The van der Waals surface area contributed by atoms with Crippen LogP contribution in [-0.2, 0) is 14.3 Å². The summed E-state index contributed by atoms with van der Waals surface area (Å²) < 4.78 is 19.0. The Labute approximate surface area is 151 Å². The van der Waals surface area contributed by atoms with Crippen molar-refractivity contribution in [3.8, 4) is 0 Å². The lowest BCUT2D eigenvalue weighted by Gasteiger charge is -2.29. The molecule has 0 saturated carbocycles. The van der Waals surface area contributed by atoms with Gasteiger partial charge in [-0.1, -0.05) is 12.1 Å². The Kier molecular flexibility index (Phi) is 5.68. The van der Waals surface area contributed by atoms with Gasteiger partial charge in [-0.25, -0.2) is 4.39 Å². The van der Waals surface area contributed by atoms with Crippen molar-refractivity contribution in [2.45, 2.75) is 19.4 Å². The maximum absolute atomic E-state index is 13.7. The highest BCUT2D eigenvalue weighted by atomic mass is 19.1. The molecule has 0 radical (unpaired) electrons. The van der Waals surface area contributed by atoms with Crippen molar-refractivity contribution in [1.82, 2.24) is 9.80 Å². The summed E-state index contributed by atoms with van der Waals surface area (Å²) in [6, 6.07) is 5.06. The Hall–Kier alpha value is -2.25. The van der Waals surface area contributed by atoms with Crippen LogP contribution in [0.4, 0.5) is 4.39 Å². The van der Waals surface area contributed by atoms with E-state index in [9.17, 15) is 19.1 Å². The van der Waals surface area contributed by atoms with Crippen LogP contribution in [0.1, 0.15) is 24.9 Å². The van der Waals surface area contributed by atoms with E-state index in [-0.39, 0.29) is 11.4 Å². The highest BCUT2D eigenvalue weighted by molar-refractivity contribution is 6.08. The van der Waals surface area contributed by atoms with Gasteiger partial charge in [0.15, 0.2) is 11.5 Å². The Bertz CT molecular complexity index is 728. The first-order chi connectivity index (χ1) is 12.5. The number of amides is 1. The second-order valence-electron chi connectivity index (χ2n) is 6.58. The molecule has 0 bridgehead atoms. The zero-order chi connectivity index (χ0) is 18.7. The van der Waals surface area contributed by atoms with Crippen LogP contribution in [0.25, 0.3) is 0 Å². The van der Waals surface area contributed by atoms with Crippen LogP contribution in [0.2, 0.25) is 0 Å². The number of aliphatic hydroxyl groups is 1. The normalized spacial score (nSPS) is 21.5. The molecule has 6 nitrogen and oxygen atoms in total. The smallest absolute Gasteiger partial charge is 0.290 e. The number of hydrogen-bond acceptors (Lipinski definition) is 5. The zero-order valence-electron chi connectivity index (χ0n) is 14.8. The maximum Gasteiger partial charge on any atom is 0.290 e. The van der Waals surface area contributed by atoms with Gasteiger partial charge in [-0.05, 0) is 31.0 Å². The van der Waals surface area contributed by atoms with E-state index in [2.05, 4.69) is 4.90 Å². The molecule has 1 fully saturated rings. The summed E-state index contributed by atoms with van der Waals surface area (Å²) in [4.78, 5) is 28.2. The quantitative estimate of drug-likeness (QED) is 0.836. The number of carbonyl (C=O) groups is 2. The van der Waals surface area contributed by atoms with Gasteiger partial charge in [-0.2, -0.15) is 0 Å². The van der Waals surface area contributed by atoms with Crippen molar-refractivity contribution in [1.29, 1.82) is 0 Å². The Balaban J connectivity index is 1.78. The minimum Gasteiger partial charge on any atom is -0.503 e. The Morgan fingerprint density at radius 1 is 1.31 bits per heavy atom. The summed E-state index contributed by atoms with van der Waals surface area (Å²) in [6.07, 6.45) is 0.690. The molecule has 0 unspecified atom stereocenters. The monoisotopic (exact) mass is 362 g/mol. The number of halogens is 1. The number of ether oxygens (including phenoxy) is 1. The van der Waals surface area contributed by atoms with Crippen molar-refractivity contribution in [2.75, 3.05) is 39.4 Å². The predicted molar refractivity (Wildman–Crippen MR) is 93.1 cm³/mol. The molecule has 1 amide bonds. The van der Waals surface area contributed by atoms with Gasteiger partial charge in [0.1, 0.15) is 5.82 Å². The van der Waals surface area contributed by atoms with E-state index in [1.165, 1.54) is 30.0 Å². The second-order valence-corrected chi connectivity index (χ2v) is 6.58. The fraction of sp³-hybridized carbons (Fsp3) is 0.474. The lowest BCUT2D eigenvalue weighted by molar-refractivity contribution is -0.129. The van der Waals surface area contributed by atoms with Crippen LogP contribution in [0.3, 0.4) is 0 Å². The minimum absolute atomic E-state index is 0.0342. The molecule has 1 atom stereocenters. The third-order valence-electron chi connectivity index (χ3n) is 4.82. The van der Waals surface area contributed by atoms with E-state index in [4.69, 9.17) is 4.74 Å². The third-order valence-corrected chi connectivity index (χ3v) is 4.82. The molecule has 1 saturated heterocycles. The predicted octanol–water partition coefficient (Wildman–Crippen LogP) is 1.83. The average Bonchev–Trinajstić information content (AvgIpc) is 2.88. The molecule has 2 aliphatic rings. The van der Waals surface area contributed by atoms with Gasteiger partial charge in [0.05, 0.1) is 24.8 Å². The molecule has 0 spiro atoms. The zero-order valence-corrected chi connectivity index (χ0v) is 14.8. The average molecular weight is 362 g/mol. The van der Waals surface area contributed by atoms with Gasteiger partial charge in [0.25, 0.3) is 5.91 Å². The largest absolute Gasteiger partial charge is 0.503 e. The van der Waals surface area contributed by atoms with Gasteiger partial charge in [0, 0.05) is 26.2 Å². The standard InChI is InChI=1S/C19H23FN2O4/c1-13(23)16-17(14-4-2-5-15(20)12-14)22(19(25)18(16)24)7-3-6-21-8-10-26-11-9-21/h2,4-5,12,17,24H,3,6-11H2,1H3/t17-/m0/s1. The molecule has 3 rings (SSSR count). The number of Topliss-reactive ketones (excluding diaryl/α,β-unsaturated/α-hetero) is 1.